The number of rotatable bonds is 9. The molecule has 0 unspecified atom stereocenters. The van der Waals surface area contributed by atoms with Crippen LogP contribution in [0.1, 0.15) is 49.7 Å². The first-order chi connectivity index (χ1) is 17.0. The lowest BCUT2D eigenvalue weighted by molar-refractivity contribution is -0.394. The number of nitrogens with zero attached hydrogens (tertiary/aromatic N) is 4. The van der Waals surface area contributed by atoms with Crippen molar-refractivity contribution in [2.45, 2.75) is 39.8 Å². The van der Waals surface area contributed by atoms with Crippen LogP contribution in [0.5, 0.6) is 0 Å². The van der Waals surface area contributed by atoms with Crippen molar-refractivity contribution in [3.63, 3.8) is 0 Å². The standard InChI is InChI=1S/C24H26N6O6/c1-14(2)22(26-23(31)16-9-18(29(33)34)11-19(10-16)30(35)36)24(32)27-25-12-17-13-28(15(3)4)21-8-6-5-7-20(17)21/h5-15,22H,1-4H3,(H,26,31)(H,27,32)/b25-12-/t22-/m1/s1. The summed E-state index contributed by atoms with van der Waals surface area (Å²) in [5, 5.41) is 29.7. The van der Waals surface area contributed by atoms with Crippen LogP contribution in [0.2, 0.25) is 0 Å². The predicted octanol–water partition coefficient (Wildman–Crippen LogP) is 3.94. The van der Waals surface area contributed by atoms with E-state index in [0.717, 1.165) is 34.7 Å². The third-order valence-corrected chi connectivity index (χ3v) is 5.53. The van der Waals surface area contributed by atoms with Gasteiger partial charge in [-0.05, 0) is 25.8 Å². The summed E-state index contributed by atoms with van der Waals surface area (Å²) >= 11 is 0. The van der Waals surface area contributed by atoms with Gasteiger partial charge in [0, 0.05) is 40.8 Å². The van der Waals surface area contributed by atoms with E-state index in [4.69, 9.17) is 0 Å². The zero-order valence-electron chi connectivity index (χ0n) is 20.2. The maximum Gasteiger partial charge on any atom is 0.277 e. The van der Waals surface area contributed by atoms with E-state index in [9.17, 15) is 29.8 Å². The molecule has 0 aliphatic carbocycles. The Labute approximate surface area is 206 Å². The van der Waals surface area contributed by atoms with Gasteiger partial charge in [0.1, 0.15) is 6.04 Å². The molecule has 0 saturated heterocycles. The lowest BCUT2D eigenvalue weighted by atomic mass is 10.0. The van der Waals surface area contributed by atoms with E-state index in [-0.39, 0.29) is 17.5 Å². The number of benzene rings is 2. The molecular weight excluding hydrogens is 468 g/mol. The van der Waals surface area contributed by atoms with Crippen LogP contribution in [0, 0.1) is 26.1 Å². The molecule has 36 heavy (non-hydrogen) atoms. The highest BCUT2D eigenvalue weighted by atomic mass is 16.6. The van der Waals surface area contributed by atoms with E-state index in [1.165, 1.54) is 6.21 Å². The van der Waals surface area contributed by atoms with Gasteiger partial charge in [-0.2, -0.15) is 5.10 Å². The molecule has 0 fully saturated rings. The largest absolute Gasteiger partial charge is 0.344 e. The molecule has 1 heterocycles. The van der Waals surface area contributed by atoms with Gasteiger partial charge in [0.25, 0.3) is 23.2 Å². The first kappa shape index (κ1) is 26.0. The molecular formula is C24H26N6O6. The van der Waals surface area contributed by atoms with Crippen LogP contribution >= 0.6 is 0 Å². The van der Waals surface area contributed by atoms with Crippen LogP contribution < -0.4 is 10.7 Å². The first-order valence-corrected chi connectivity index (χ1v) is 11.2. The van der Waals surface area contributed by atoms with E-state index < -0.39 is 39.1 Å². The summed E-state index contributed by atoms with van der Waals surface area (Å²) in [5.41, 5.74) is 2.73. The van der Waals surface area contributed by atoms with Crippen LogP contribution in [-0.4, -0.2) is 38.5 Å². The number of non-ortho nitro benzene ring substituents is 2. The second kappa shape index (κ2) is 10.8. The molecule has 2 amide bonds. The van der Waals surface area contributed by atoms with Crippen molar-refractivity contribution in [2.75, 3.05) is 0 Å². The van der Waals surface area contributed by atoms with Gasteiger partial charge in [-0.15, -0.1) is 0 Å². The Bertz CT molecular complexity index is 1330. The number of carbonyl (C=O) groups is 2. The maximum absolute atomic E-state index is 12.8. The Balaban J connectivity index is 1.78. The minimum atomic E-state index is -1.05. The van der Waals surface area contributed by atoms with Gasteiger partial charge < -0.3 is 9.88 Å². The number of nitrogens with one attached hydrogen (secondary N) is 2. The van der Waals surface area contributed by atoms with E-state index in [0.29, 0.717) is 0 Å². The number of aromatic nitrogens is 1. The predicted molar refractivity (Wildman–Crippen MR) is 134 cm³/mol. The van der Waals surface area contributed by atoms with E-state index in [1.54, 1.807) is 13.8 Å². The van der Waals surface area contributed by atoms with Crippen molar-refractivity contribution >= 4 is 40.3 Å². The molecule has 2 aromatic carbocycles. The van der Waals surface area contributed by atoms with Crippen molar-refractivity contribution in [2.24, 2.45) is 11.0 Å². The summed E-state index contributed by atoms with van der Waals surface area (Å²) in [6.07, 6.45) is 3.45. The molecule has 0 radical (unpaired) electrons. The van der Waals surface area contributed by atoms with Gasteiger partial charge in [0.2, 0.25) is 0 Å². The third kappa shape index (κ3) is 5.71. The molecule has 2 N–H and O–H groups in total. The van der Waals surface area contributed by atoms with Gasteiger partial charge in [-0.3, -0.25) is 29.8 Å². The Morgan fingerprint density at radius 1 is 1.00 bits per heavy atom. The first-order valence-electron chi connectivity index (χ1n) is 11.2. The summed E-state index contributed by atoms with van der Waals surface area (Å²) in [7, 11) is 0. The number of carbonyl (C=O) groups excluding carboxylic acids is 2. The van der Waals surface area contributed by atoms with Crippen LogP contribution in [0.3, 0.4) is 0 Å². The zero-order chi connectivity index (χ0) is 26.6. The van der Waals surface area contributed by atoms with Crippen molar-refractivity contribution in [3.05, 3.63) is 80.0 Å². The van der Waals surface area contributed by atoms with Crippen molar-refractivity contribution in [1.29, 1.82) is 0 Å². The Morgan fingerprint density at radius 2 is 1.61 bits per heavy atom. The second-order valence-corrected chi connectivity index (χ2v) is 8.78. The van der Waals surface area contributed by atoms with Crippen LogP contribution in [0.4, 0.5) is 11.4 Å². The van der Waals surface area contributed by atoms with Gasteiger partial charge in [0.15, 0.2) is 0 Å². The molecule has 3 aromatic rings. The van der Waals surface area contributed by atoms with Crippen LogP contribution in [0.15, 0.2) is 53.8 Å². The highest BCUT2D eigenvalue weighted by molar-refractivity contribution is 6.01. The van der Waals surface area contributed by atoms with Crippen molar-refractivity contribution in [3.8, 4) is 0 Å². The molecule has 188 valence electrons. The molecule has 0 aliphatic heterocycles. The van der Waals surface area contributed by atoms with E-state index in [2.05, 4.69) is 34.3 Å². The zero-order valence-corrected chi connectivity index (χ0v) is 20.2. The summed E-state index contributed by atoms with van der Waals surface area (Å²) < 4.78 is 2.09. The van der Waals surface area contributed by atoms with Crippen molar-refractivity contribution < 1.29 is 19.4 Å². The molecule has 3 rings (SSSR count). The molecule has 1 atom stereocenters. The lowest BCUT2D eigenvalue weighted by Gasteiger charge is -2.20. The summed E-state index contributed by atoms with van der Waals surface area (Å²) in [6, 6.07) is 9.55. The van der Waals surface area contributed by atoms with Crippen LogP contribution in [-0.2, 0) is 4.79 Å². The number of amides is 2. The maximum atomic E-state index is 12.8. The number of fused-ring (bicyclic) bond motifs is 1. The summed E-state index contributed by atoms with van der Waals surface area (Å²) in [6.45, 7) is 7.50. The lowest BCUT2D eigenvalue weighted by Crippen LogP contribution is -2.48. The molecule has 1 aromatic heterocycles. The third-order valence-electron chi connectivity index (χ3n) is 5.53. The normalized spacial score (nSPS) is 12.3. The van der Waals surface area contributed by atoms with Crippen molar-refractivity contribution in [1.82, 2.24) is 15.3 Å². The monoisotopic (exact) mass is 494 g/mol. The fourth-order valence-corrected chi connectivity index (χ4v) is 3.69. The Morgan fingerprint density at radius 3 is 2.17 bits per heavy atom. The number of hydrogen-bond acceptors (Lipinski definition) is 7. The minimum absolute atomic E-state index is 0.219. The molecule has 12 nitrogen and oxygen atoms in total. The summed E-state index contributed by atoms with van der Waals surface area (Å²) in [5.74, 6) is -1.84. The average Bonchev–Trinajstić information content (AvgIpc) is 3.20. The SMILES string of the molecule is CC(C)[C@@H](NC(=O)c1cc([N+](=O)[O-])cc([N+](=O)[O-])c1)C(=O)N/N=C\c1cn(C(C)C)c2ccccc12. The molecule has 0 bridgehead atoms. The number of nitro benzene ring substituents is 2. The topological polar surface area (TPSA) is 162 Å². The molecule has 0 saturated carbocycles. The molecule has 0 aliphatic rings. The summed E-state index contributed by atoms with van der Waals surface area (Å²) in [4.78, 5) is 46.1. The number of para-hydroxylation sites is 1. The number of nitro groups is 2. The van der Waals surface area contributed by atoms with E-state index in [1.807, 2.05) is 30.5 Å². The average molecular weight is 495 g/mol. The Hall–Kier alpha value is -4.61. The Kier molecular flexibility index (Phi) is 7.77. The van der Waals surface area contributed by atoms with Gasteiger partial charge >= 0.3 is 0 Å². The second-order valence-electron chi connectivity index (χ2n) is 8.78. The van der Waals surface area contributed by atoms with E-state index >= 15 is 0 Å². The number of hydrazone groups is 1. The quantitative estimate of drug-likeness (QED) is 0.260. The number of hydrogen-bond donors (Lipinski definition) is 2. The van der Waals surface area contributed by atoms with Gasteiger partial charge in [-0.25, -0.2) is 5.43 Å². The molecule has 12 heteroatoms. The minimum Gasteiger partial charge on any atom is -0.344 e. The highest BCUT2D eigenvalue weighted by Crippen LogP contribution is 2.24. The van der Waals surface area contributed by atoms with Gasteiger partial charge in [-0.1, -0.05) is 32.0 Å². The smallest absolute Gasteiger partial charge is 0.277 e. The fraction of sp³-hybridized carbons (Fsp3) is 0.292. The molecule has 0 spiro atoms. The fourth-order valence-electron chi connectivity index (χ4n) is 3.69. The van der Waals surface area contributed by atoms with Gasteiger partial charge in [0.05, 0.1) is 27.7 Å². The highest BCUT2D eigenvalue weighted by Gasteiger charge is 2.27. The van der Waals surface area contributed by atoms with Crippen LogP contribution in [0.25, 0.3) is 10.9 Å².